The van der Waals surface area contributed by atoms with Gasteiger partial charge in [0, 0.05) is 0 Å². The molecule has 0 bridgehead atoms. The van der Waals surface area contributed by atoms with Gasteiger partial charge in [-0.05, 0) is 52.2 Å². The van der Waals surface area contributed by atoms with Crippen LogP contribution in [-0.2, 0) is 14.3 Å². The highest BCUT2D eigenvalue weighted by Crippen LogP contribution is 2.24. The number of ether oxygens (including phenoxy) is 2. The largest absolute Gasteiger partial charge is 0.463 e. The second-order valence-electron chi connectivity index (χ2n) is 9.38. The van der Waals surface area contributed by atoms with Gasteiger partial charge in [-0.3, -0.25) is 4.79 Å². The van der Waals surface area contributed by atoms with E-state index in [1.807, 2.05) is 0 Å². The average molecular weight is 412 g/mol. The van der Waals surface area contributed by atoms with Crippen LogP contribution >= 0.6 is 0 Å². The lowest BCUT2D eigenvalue weighted by molar-refractivity contribution is -0.152. The van der Waals surface area contributed by atoms with Crippen LogP contribution in [0.1, 0.15) is 104 Å². The van der Waals surface area contributed by atoms with Crippen molar-refractivity contribution in [2.24, 2.45) is 11.8 Å². The van der Waals surface area contributed by atoms with Crippen molar-refractivity contribution in [3.63, 3.8) is 0 Å². The van der Waals surface area contributed by atoms with E-state index in [2.05, 4.69) is 32.8 Å². The molecule has 1 saturated heterocycles. The number of esters is 1. The molecule has 0 saturated carbocycles. The second-order valence-corrected chi connectivity index (χ2v) is 9.38. The highest BCUT2D eigenvalue weighted by molar-refractivity contribution is 5.72. The number of unbranched alkanes of at least 4 members (excludes halogenated alkanes) is 8. The fourth-order valence-electron chi connectivity index (χ4n) is 4.20. The van der Waals surface area contributed by atoms with E-state index in [0.717, 1.165) is 51.7 Å². The molecule has 3 unspecified atom stereocenters. The Morgan fingerprint density at radius 1 is 0.966 bits per heavy atom. The van der Waals surface area contributed by atoms with E-state index < -0.39 is 0 Å². The van der Waals surface area contributed by atoms with Crippen LogP contribution in [0.5, 0.6) is 0 Å². The molecule has 0 spiro atoms. The fraction of sp³-hybridized carbons (Fsp3) is 0.960. The van der Waals surface area contributed by atoms with Gasteiger partial charge in [0.15, 0.2) is 0 Å². The second kappa shape index (κ2) is 17.1. The predicted molar refractivity (Wildman–Crippen MR) is 122 cm³/mol. The number of carbonyl (C=O) groups is 1. The zero-order valence-electron chi connectivity index (χ0n) is 19.9. The summed E-state index contributed by atoms with van der Waals surface area (Å²) >= 11 is 0. The Bertz CT molecular complexity index is 400. The van der Waals surface area contributed by atoms with Gasteiger partial charge in [-0.1, -0.05) is 78.1 Å². The summed E-state index contributed by atoms with van der Waals surface area (Å²) in [6.45, 7) is 6.84. The third-order valence-electron chi connectivity index (χ3n) is 6.21. The van der Waals surface area contributed by atoms with Crippen LogP contribution in [0.25, 0.3) is 0 Å². The Morgan fingerprint density at radius 3 is 2.17 bits per heavy atom. The van der Waals surface area contributed by atoms with E-state index in [1.54, 1.807) is 0 Å². The van der Waals surface area contributed by atoms with Crippen LogP contribution < -0.4 is 0 Å². The first-order chi connectivity index (χ1) is 14.1. The molecule has 1 heterocycles. The SMILES string of the molecule is CCCCCCCCC(CCCCCC)C(=O)OCC1CC(CCN(C)C)CO1. The molecule has 0 aromatic rings. The van der Waals surface area contributed by atoms with Crippen molar-refractivity contribution in [1.82, 2.24) is 4.90 Å². The summed E-state index contributed by atoms with van der Waals surface area (Å²) in [5, 5.41) is 0. The van der Waals surface area contributed by atoms with Gasteiger partial charge >= 0.3 is 5.97 Å². The maximum atomic E-state index is 12.7. The summed E-state index contributed by atoms with van der Waals surface area (Å²) in [6, 6.07) is 0. The zero-order chi connectivity index (χ0) is 21.3. The van der Waals surface area contributed by atoms with Crippen LogP contribution in [0.4, 0.5) is 0 Å². The normalized spacial score (nSPS) is 20.3. The lowest BCUT2D eigenvalue weighted by Gasteiger charge is -2.18. The molecule has 172 valence electrons. The molecule has 4 nitrogen and oxygen atoms in total. The zero-order valence-corrected chi connectivity index (χ0v) is 19.9. The summed E-state index contributed by atoms with van der Waals surface area (Å²) < 4.78 is 11.6. The minimum atomic E-state index is 0.0235. The van der Waals surface area contributed by atoms with Crippen molar-refractivity contribution in [1.29, 1.82) is 0 Å². The Labute approximate surface area is 181 Å². The van der Waals surface area contributed by atoms with Crippen molar-refractivity contribution in [2.75, 3.05) is 33.9 Å². The molecule has 0 aliphatic carbocycles. The highest BCUT2D eigenvalue weighted by Gasteiger charge is 2.27. The topological polar surface area (TPSA) is 38.8 Å². The third kappa shape index (κ3) is 13.3. The van der Waals surface area contributed by atoms with Gasteiger partial charge in [-0.25, -0.2) is 0 Å². The van der Waals surface area contributed by atoms with Crippen molar-refractivity contribution in [3.05, 3.63) is 0 Å². The molecule has 1 aliphatic rings. The first-order valence-corrected chi connectivity index (χ1v) is 12.5. The van der Waals surface area contributed by atoms with E-state index in [4.69, 9.17) is 9.47 Å². The van der Waals surface area contributed by atoms with Crippen LogP contribution in [-0.4, -0.2) is 50.8 Å². The molecule has 3 atom stereocenters. The lowest BCUT2D eigenvalue weighted by Crippen LogP contribution is -2.24. The van der Waals surface area contributed by atoms with E-state index in [1.165, 1.54) is 51.4 Å². The smallest absolute Gasteiger partial charge is 0.309 e. The summed E-state index contributed by atoms with van der Waals surface area (Å²) in [4.78, 5) is 15.0. The number of rotatable bonds is 18. The standard InChI is InChI=1S/C25H49NO3/c1-5-7-9-11-12-14-16-23(15-13-10-8-6-2)25(27)29-21-24-19-22(20-28-24)17-18-26(3)4/h22-24H,5-21H2,1-4H3. The summed E-state index contributed by atoms with van der Waals surface area (Å²) in [5.74, 6) is 0.716. The summed E-state index contributed by atoms with van der Waals surface area (Å²) in [6.07, 6.45) is 16.8. The molecule has 4 heteroatoms. The van der Waals surface area contributed by atoms with Crippen molar-refractivity contribution >= 4 is 5.97 Å². The molecule has 0 radical (unpaired) electrons. The first kappa shape index (κ1) is 26.4. The van der Waals surface area contributed by atoms with Crippen LogP contribution in [0.3, 0.4) is 0 Å². The van der Waals surface area contributed by atoms with Crippen molar-refractivity contribution in [2.45, 2.75) is 110 Å². The summed E-state index contributed by atoms with van der Waals surface area (Å²) in [7, 11) is 4.22. The quantitative estimate of drug-likeness (QED) is 0.198. The minimum Gasteiger partial charge on any atom is -0.463 e. The molecular formula is C25H49NO3. The number of hydrogen-bond donors (Lipinski definition) is 0. The maximum absolute atomic E-state index is 12.7. The van der Waals surface area contributed by atoms with E-state index in [9.17, 15) is 4.79 Å². The molecule has 0 aromatic heterocycles. The monoisotopic (exact) mass is 411 g/mol. The Hall–Kier alpha value is -0.610. The maximum Gasteiger partial charge on any atom is 0.309 e. The van der Waals surface area contributed by atoms with Gasteiger partial charge in [-0.15, -0.1) is 0 Å². The van der Waals surface area contributed by atoms with Gasteiger partial charge < -0.3 is 14.4 Å². The Balaban J connectivity index is 2.31. The van der Waals surface area contributed by atoms with Gasteiger partial charge in [0.2, 0.25) is 0 Å². The molecule has 0 N–H and O–H groups in total. The molecule has 1 rings (SSSR count). The van der Waals surface area contributed by atoms with Crippen LogP contribution in [0.2, 0.25) is 0 Å². The summed E-state index contributed by atoms with van der Waals surface area (Å²) in [5.41, 5.74) is 0. The third-order valence-corrected chi connectivity index (χ3v) is 6.21. The molecule has 1 fully saturated rings. The Morgan fingerprint density at radius 2 is 1.55 bits per heavy atom. The lowest BCUT2D eigenvalue weighted by atomic mass is 9.94. The van der Waals surface area contributed by atoms with Crippen molar-refractivity contribution < 1.29 is 14.3 Å². The highest BCUT2D eigenvalue weighted by atomic mass is 16.6. The Kier molecular flexibility index (Phi) is 15.6. The average Bonchev–Trinajstić information content (AvgIpc) is 3.16. The number of nitrogens with zero attached hydrogens (tertiary/aromatic N) is 1. The molecule has 0 amide bonds. The van der Waals surface area contributed by atoms with Gasteiger partial charge in [0.25, 0.3) is 0 Å². The van der Waals surface area contributed by atoms with Crippen LogP contribution in [0, 0.1) is 11.8 Å². The molecular weight excluding hydrogens is 362 g/mol. The van der Waals surface area contributed by atoms with Gasteiger partial charge in [0.05, 0.1) is 18.6 Å². The van der Waals surface area contributed by atoms with Crippen molar-refractivity contribution in [3.8, 4) is 0 Å². The predicted octanol–water partition coefficient (Wildman–Crippen LogP) is 6.22. The molecule has 1 aliphatic heterocycles. The van der Waals surface area contributed by atoms with E-state index in [0.29, 0.717) is 12.5 Å². The molecule has 0 aromatic carbocycles. The number of hydrogen-bond acceptors (Lipinski definition) is 4. The van der Waals surface area contributed by atoms with Gasteiger partial charge in [0.1, 0.15) is 6.61 Å². The fourth-order valence-corrected chi connectivity index (χ4v) is 4.20. The minimum absolute atomic E-state index is 0.0235. The van der Waals surface area contributed by atoms with Crippen LogP contribution in [0.15, 0.2) is 0 Å². The van der Waals surface area contributed by atoms with Gasteiger partial charge in [-0.2, -0.15) is 0 Å². The van der Waals surface area contributed by atoms with E-state index in [-0.39, 0.29) is 18.0 Å². The number of carbonyl (C=O) groups excluding carboxylic acids is 1. The first-order valence-electron chi connectivity index (χ1n) is 12.5. The van der Waals surface area contributed by atoms with E-state index >= 15 is 0 Å². The molecule has 29 heavy (non-hydrogen) atoms.